The summed E-state index contributed by atoms with van der Waals surface area (Å²) in [5.41, 5.74) is 0.113. The summed E-state index contributed by atoms with van der Waals surface area (Å²) in [6.07, 6.45) is 0. The second-order valence-electron chi connectivity index (χ2n) is 2.57. The molecule has 0 saturated carbocycles. The van der Waals surface area contributed by atoms with Crippen molar-refractivity contribution in [2.45, 2.75) is 6.92 Å². The number of carbonyl (C=O) groups is 1. The van der Waals surface area contributed by atoms with Crippen LogP contribution >= 0.6 is 23.2 Å². The van der Waals surface area contributed by atoms with Crippen molar-refractivity contribution >= 4 is 29.1 Å². The number of amides is 1. The Morgan fingerprint density at radius 3 is 2.93 bits per heavy atom. The van der Waals surface area contributed by atoms with Gasteiger partial charge in [0.05, 0.1) is 11.6 Å². The monoisotopic (exact) mass is 242 g/mol. The highest BCUT2D eigenvalue weighted by Crippen LogP contribution is 2.16. The molecule has 3 nitrogen and oxygen atoms in total. The summed E-state index contributed by atoms with van der Waals surface area (Å²) in [6.45, 7) is 1.95. The zero-order valence-electron chi connectivity index (χ0n) is 7.97. The van der Waals surface area contributed by atoms with Gasteiger partial charge < -0.3 is 5.32 Å². The Hall–Kier alpha value is -1.24. The molecule has 1 N–H and O–H groups in total. The topological polar surface area (TPSA) is 42.0 Å². The van der Waals surface area contributed by atoms with Crippen LogP contribution in [0.15, 0.2) is 12.1 Å². The van der Waals surface area contributed by atoms with Crippen molar-refractivity contribution in [1.82, 2.24) is 10.3 Å². The zero-order chi connectivity index (χ0) is 11.3. The minimum absolute atomic E-state index is 0.113. The lowest BCUT2D eigenvalue weighted by molar-refractivity contribution is 0.0954. The van der Waals surface area contributed by atoms with E-state index in [1.165, 1.54) is 12.1 Å². The van der Waals surface area contributed by atoms with Crippen LogP contribution in [0.1, 0.15) is 17.4 Å². The van der Waals surface area contributed by atoms with Gasteiger partial charge in [-0.3, -0.25) is 4.79 Å². The second-order valence-corrected chi connectivity index (χ2v) is 3.37. The standard InChI is InChI=1S/C10H8Cl2N2O/c1-2-3-6-13-10(15)9-7(11)4-5-8(12)14-9/h4-5H,6H2,1H3,(H,13,15). The van der Waals surface area contributed by atoms with Crippen molar-refractivity contribution in [1.29, 1.82) is 0 Å². The first-order valence-corrected chi connectivity index (χ1v) is 4.90. The minimum Gasteiger partial charge on any atom is -0.340 e. The first-order chi connectivity index (χ1) is 7.15. The zero-order valence-corrected chi connectivity index (χ0v) is 9.49. The van der Waals surface area contributed by atoms with Crippen LogP contribution in [0.3, 0.4) is 0 Å². The van der Waals surface area contributed by atoms with E-state index in [0.29, 0.717) is 0 Å². The van der Waals surface area contributed by atoms with Gasteiger partial charge in [0.25, 0.3) is 5.91 Å². The van der Waals surface area contributed by atoms with E-state index < -0.39 is 0 Å². The number of hydrogen-bond donors (Lipinski definition) is 1. The van der Waals surface area contributed by atoms with E-state index in [2.05, 4.69) is 22.1 Å². The Bertz CT molecular complexity index is 435. The third-order valence-corrected chi connectivity index (χ3v) is 2.06. The fraction of sp³-hybridized carbons (Fsp3) is 0.200. The molecule has 0 atom stereocenters. The number of hydrogen-bond acceptors (Lipinski definition) is 2. The Morgan fingerprint density at radius 1 is 1.53 bits per heavy atom. The first kappa shape index (κ1) is 11.8. The average molecular weight is 243 g/mol. The maximum Gasteiger partial charge on any atom is 0.272 e. The van der Waals surface area contributed by atoms with Gasteiger partial charge in [0, 0.05) is 0 Å². The molecule has 0 spiro atoms. The number of carbonyl (C=O) groups excluding carboxylic acids is 1. The Balaban J connectivity index is 2.80. The normalized spacial score (nSPS) is 9.00. The van der Waals surface area contributed by atoms with E-state index >= 15 is 0 Å². The van der Waals surface area contributed by atoms with Crippen LogP contribution < -0.4 is 5.32 Å². The Labute approximate surface area is 97.8 Å². The molecular formula is C10H8Cl2N2O. The predicted octanol–water partition coefficient (Wildman–Crippen LogP) is 2.14. The number of nitrogens with zero attached hydrogens (tertiary/aromatic N) is 1. The molecular weight excluding hydrogens is 235 g/mol. The van der Waals surface area contributed by atoms with Crippen LogP contribution in [-0.4, -0.2) is 17.4 Å². The number of nitrogens with one attached hydrogen (secondary N) is 1. The highest BCUT2D eigenvalue weighted by molar-refractivity contribution is 6.34. The lowest BCUT2D eigenvalue weighted by Crippen LogP contribution is -2.24. The van der Waals surface area contributed by atoms with E-state index in [-0.39, 0.29) is 28.3 Å². The summed E-state index contributed by atoms with van der Waals surface area (Å²) < 4.78 is 0. The Kier molecular flexibility index (Phi) is 4.41. The van der Waals surface area contributed by atoms with Crippen molar-refractivity contribution in [2.24, 2.45) is 0 Å². The van der Waals surface area contributed by atoms with E-state index in [1.54, 1.807) is 6.92 Å². The third-order valence-electron chi connectivity index (χ3n) is 1.54. The van der Waals surface area contributed by atoms with E-state index in [0.717, 1.165) is 0 Å². The van der Waals surface area contributed by atoms with E-state index in [9.17, 15) is 4.79 Å². The molecule has 78 valence electrons. The second kappa shape index (κ2) is 5.59. The number of rotatable bonds is 2. The maximum absolute atomic E-state index is 11.5. The van der Waals surface area contributed by atoms with Crippen LogP contribution in [0.5, 0.6) is 0 Å². The van der Waals surface area contributed by atoms with Crippen LogP contribution in [0.4, 0.5) is 0 Å². The molecule has 0 unspecified atom stereocenters. The minimum atomic E-state index is -0.384. The van der Waals surface area contributed by atoms with Gasteiger partial charge in [-0.2, -0.15) is 0 Å². The summed E-state index contributed by atoms with van der Waals surface area (Å²) in [7, 11) is 0. The molecule has 1 heterocycles. The largest absolute Gasteiger partial charge is 0.340 e. The average Bonchev–Trinajstić information content (AvgIpc) is 2.22. The smallest absolute Gasteiger partial charge is 0.272 e. The molecule has 15 heavy (non-hydrogen) atoms. The summed E-state index contributed by atoms with van der Waals surface area (Å²) in [4.78, 5) is 15.3. The number of pyridine rings is 1. The molecule has 0 aromatic carbocycles. The fourth-order valence-electron chi connectivity index (χ4n) is 0.874. The molecule has 1 amide bonds. The first-order valence-electron chi connectivity index (χ1n) is 4.15. The quantitative estimate of drug-likeness (QED) is 0.638. The highest BCUT2D eigenvalue weighted by Gasteiger charge is 2.11. The Morgan fingerprint density at radius 2 is 2.27 bits per heavy atom. The van der Waals surface area contributed by atoms with Gasteiger partial charge in [-0.1, -0.05) is 29.1 Å². The number of aromatic nitrogens is 1. The molecule has 1 rings (SSSR count). The third kappa shape index (κ3) is 3.43. The molecule has 0 aliphatic heterocycles. The van der Waals surface area contributed by atoms with Gasteiger partial charge in [-0.15, -0.1) is 5.92 Å². The maximum atomic E-state index is 11.5. The van der Waals surface area contributed by atoms with Crippen molar-refractivity contribution in [3.63, 3.8) is 0 Å². The molecule has 0 fully saturated rings. The van der Waals surface area contributed by atoms with Crippen molar-refractivity contribution < 1.29 is 4.79 Å². The predicted molar refractivity (Wildman–Crippen MR) is 60.0 cm³/mol. The van der Waals surface area contributed by atoms with Gasteiger partial charge in [0.2, 0.25) is 0 Å². The van der Waals surface area contributed by atoms with Gasteiger partial charge in [0.15, 0.2) is 0 Å². The molecule has 5 heteroatoms. The molecule has 0 radical (unpaired) electrons. The van der Waals surface area contributed by atoms with Crippen LogP contribution in [-0.2, 0) is 0 Å². The van der Waals surface area contributed by atoms with Crippen LogP contribution in [0.25, 0.3) is 0 Å². The van der Waals surface area contributed by atoms with Crippen LogP contribution in [0.2, 0.25) is 10.2 Å². The van der Waals surface area contributed by atoms with Gasteiger partial charge in [0.1, 0.15) is 10.8 Å². The molecule has 1 aromatic rings. The lowest BCUT2D eigenvalue weighted by Gasteiger charge is -2.02. The molecule has 1 aromatic heterocycles. The van der Waals surface area contributed by atoms with Crippen LogP contribution in [0, 0.1) is 11.8 Å². The molecule has 0 aliphatic rings. The summed E-state index contributed by atoms with van der Waals surface area (Å²) in [6, 6.07) is 3.05. The summed E-state index contributed by atoms with van der Waals surface area (Å²) in [5, 5.41) is 3.04. The van der Waals surface area contributed by atoms with Crippen molar-refractivity contribution in [3.8, 4) is 11.8 Å². The summed E-state index contributed by atoms with van der Waals surface area (Å²) >= 11 is 11.4. The van der Waals surface area contributed by atoms with Gasteiger partial charge in [-0.05, 0) is 19.1 Å². The molecule has 0 bridgehead atoms. The SMILES string of the molecule is CC#CCNC(=O)c1nc(Cl)ccc1Cl. The lowest BCUT2D eigenvalue weighted by atomic mass is 10.3. The molecule has 0 aliphatic carbocycles. The number of halogens is 2. The van der Waals surface area contributed by atoms with E-state index in [4.69, 9.17) is 23.2 Å². The van der Waals surface area contributed by atoms with Gasteiger partial charge >= 0.3 is 0 Å². The summed E-state index contributed by atoms with van der Waals surface area (Å²) in [5.74, 6) is 4.97. The highest BCUT2D eigenvalue weighted by atomic mass is 35.5. The fourth-order valence-corrected chi connectivity index (χ4v) is 1.21. The van der Waals surface area contributed by atoms with Crippen molar-refractivity contribution in [2.75, 3.05) is 6.54 Å². The van der Waals surface area contributed by atoms with Gasteiger partial charge in [-0.25, -0.2) is 4.98 Å². The van der Waals surface area contributed by atoms with Crippen molar-refractivity contribution in [3.05, 3.63) is 28.0 Å². The molecule has 0 saturated heterocycles. The van der Waals surface area contributed by atoms with E-state index in [1.807, 2.05) is 0 Å².